The maximum Gasteiger partial charge on any atom is 0.0451 e. The summed E-state index contributed by atoms with van der Waals surface area (Å²) in [7, 11) is 0. The lowest BCUT2D eigenvalue weighted by Gasteiger charge is -2.07. The first kappa shape index (κ1) is 14.1. The third-order valence-electron chi connectivity index (χ3n) is 2.54. The van der Waals surface area contributed by atoms with Gasteiger partial charge in [0.2, 0.25) is 0 Å². The molecule has 1 nitrogen and oxygen atoms in total. The first-order chi connectivity index (χ1) is 8.65. The minimum absolute atomic E-state index is 0.755. The van der Waals surface area contributed by atoms with Gasteiger partial charge >= 0.3 is 0 Å². The second kappa shape index (κ2) is 6.71. The van der Waals surface area contributed by atoms with Crippen molar-refractivity contribution in [2.75, 3.05) is 0 Å². The van der Waals surface area contributed by atoms with Crippen molar-refractivity contribution in [3.63, 3.8) is 0 Å². The quantitative estimate of drug-likeness (QED) is 0.762. The Morgan fingerprint density at radius 1 is 0.944 bits per heavy atom. The summed E-state index contributed by atoms with van der Waals surface area (Å²) in [5.41, 5.74) is 2.34. The van der Waals surface area contributed by atoms with Crippen LogP contribution in [0.15, 0.2) is 51.4 Å². The lowest BCUT2D eigenvalue weighted by molar-refractivity contribution is 0.693. The first-order valence-corrected chi connectivity index (χ1v) is 7.50. The molecule has 2 aromatic rings. The molecule has 0 atom stereocenters. The Morgan fingerprint density at radius 2 is 1.72 bits per heavy atom. The molecular weight excluding hydrogens is 377 g/mol. The molecule has 1 N–H and O–H groups in total. The van der Waals surface area contributed by atoms with E-state index in [9.17, 15) is 0 Å². The minimum atomic E-state index is 0.755. The van der Waals surface area contributed by atoms with Crippen LogP contribution in [0.4, 0.5) is 0 Å². The average molecular weight is 390 g/mol. The Kier molecular flexibility index (Phi) is 5.25. The highest BCUT2D eigenvalue weighted by molar-refractivity contribution is 9.10. The number of nitrogens with one attached hydrogen (secondary N) is 1. The van der Waals surface area contributed by atoms with Gasteiger partial charge in [0.25, 0.3) is 0 Å². The molecule has 94 valence electrons. The van der Waals surface area contributed by atoms with Crippen LogP contribution in [0.2, 0.25) is 5.02 Å². The molecule has 0 aliphatic rings. The molecule has 4 heteroatoms. The Balaban J connectivity index is 1.94. The zero-order valence-corrected chi connectivity index (χ0v) is 13.5. The Bertz CT molecular complexity index is 543. The van der Waals surface area contributed by atoms with Crippen molar-refractivity contribution in [3.05, 3.63) is 67.6 Å². The molecule has 0 saturated heterocycles. The fourth-order valence-corrected chi connectivity index (χ4v) is 2.71. The Labute approximate surface area is 129 Å². The molecular formula is C14H12Br2ClN. The zero-order chi connectivity index (χ0) is 13.0. The molecule has 0 bridgehead atoms. The predicted molar refractivity (Wildman–Crippen MR) is 83.8 cm³/mol. The van der Waals surface area contributed by atoms with Gasteiger partial charge in [-0.15, -0.1) is 0 Å². The topological polar surface area (TPSA) is 12.0 Å². The summed E-state index contributed by atoms with van der Waals surface area (Å²) >= 11 is 13.0. The number of rotatable bonds is 4. The van der Waals surface area contributed by atoms with E-state index in [1.165, 1.54) is 5.56 Å². The molecule has 0 spiro atoms. The summed E-state index contributed by atoms with van der Waals surface area (Å²) in [6.07, 6.45) is 0. The van der Waals surface area contributed by atoms with Crippen molar-refractivity contribution >= 4 is 43.5 Å². The van der Waals surface area contributed by atoms with E-state index >= 15 is 0 Å². The minimum Gasteiger partial charge on any atom is -0.309 e. The maximum atomic E-state index is 6.13. The monoisotopic (exact) mass is 387 g/mol. The molecule has 18 heavy (non-hydrogen) atoms. The van der Waals surface area contributed by atoms with Crippen molar-refractivity contribution in [2.24, 2.45) is 0 Å². The van der Waals surface area contributed by atoms with Crippen molar-refractivity contribution < 1.29 is 0 Å². The fraction of sp³-hybridized carbons (Fsp3) is 0.143. The summed E-state index contributed by atoms with van der Waals surface area (Å²) < 4.78 is 2.15. The Morgan fingerprint density at radius 3 is 2.50 bits per heavy atom. The van der Waals surface area contributed by atoms with Gasteiger partial charge in [-0.1, -0.05) is 55.6 Å². The summed E-state index contributed by atoms with van der Waals surface area (Å²) in [4.78, 5) is 0. The van der Waals surface area contributed by atoms with E-state index in [2.05, 4.69) is 49.3 Å². The lowest BCUT2D eigenvalue weighted by Crippen LogP contribution is -2.12. The molecule has 2 rings (SSSR count). The van der Waals surface area contributed by atoms with Gasteiger partial charge in [-0.3, -0.25) is 0 Å². The third kappa shape index (κ3) is 4.09. The largest absolute Gasteiger partial charge is 0.309 e. The van der Waals surface area contributed by atoms with Gasteiger partial charge in [0, 0.05) is 27.1 Å². The highest BCUT2D eigenvalue weighted by atomic mass is 79.9. The van der Waals surface area contributed by atoms with E-state index in [1.54, 1.807) is 0 Å². The van der Waals surface area contributed by atoms with Crippen molar-refractivity contribution in [2.45, 2.75) is 13.1 Å². The van der Waals surface area contributed by atoms with Crippen LogP contribution in [0.25, 0.3) is 0 Å². The molecule has 2 aromatic carbocycles. The standard InChI is InChI=1S/C14H12Br2ClN/c15-12-3-1-2-10(6-12)8-18-9-11-7-13(16)4-5-14(11)17/h1-7,18H,8-9H2. The van der Waals surface area contributed by atoms with Gasteiger partial charge in [-0.25, -0.2) is 0 Å². The second-order valence-corrected chi connectivity index (χ2v) is 6.21. The number of hydrogen-bond acceptors (Lipinski definition) is 1. The van der Waals surface area contributed by atoms with Gasteiger partial charge < -0.3 is 5.32 Å². The highest BCUT2D eigenvalue weighted by Gasteiger charge is 2.01. The van der Waals surface area contributed by atoms with Crippen LogP contribution in [0.5, 0.6) is 0 Å². The fourth-order valence-electron chi connectivity index (χ4n) is 1.67. The van der Waals surface area contributed by atoms with E-state index in [0.717, 1.165) is 32.6 Å². The van der Waals surface area contributed by atoms with E-state index in [0.29, 0.717) is 0 Å². The maximum absolute atomic E-state index is 6.13. The van der Waals surface area contributed by atoms with E-state index in [4.69, 9.17) is 11.6 Å². The van der Waals surface area contributed by atoms with Crippen LogP contribution in [-0.4, -0.2) is 0 Å². The van der Waals surface area contributed by atoms with Crippen molar-refractivity contribution in [3.8, 4) is 0 Å². The van der Waals surface area contributed by atoms with Gasteiger partial charge in [0.05, 0.1) is 0 Å². The van der Waals surface area contributed by atoms with Gasteiger partial charge in [0.15, 0.2) is 0 Å². The number of halogens is 3. The highest BCUT2D eigenvalue weighted by Crippen LogP contribution is 2.21. The first-order valence-electron chi connectivity index (χ1n) is 5.54. The van der Waals surface area contributed by atoms with Gasteiger partial charge in [-0.05, 0) is 41.5 Å². The molecule has 0 aliphatic carbocycles. The second-order valence-electron chi connectivity index (χ2n) is 3.97. The molecule has 0 heterocycles. The predicted octanol–water partition coefficient (Wildman–Crippen LogP) is 5.15. The third-order valence-corrected chi connectivity index (χ3v) is 3.90. The van der Waals surface area contributed by atoms with Crippen LogP contribution >= 0.6 is 43.5 Å². The van der Waals surface area contributed by atoms with Crippen LogP contribution in [0.3, 0.4) is 0 Å². The molecule has 0 unspecified atom stereocenters. The summed E-state index contributed by atoms with van der Waals surface area (Å²) in [6.45, 7) is 1.58. The van der Waals surface area contributed by atoms with Gasteiger partial charge in [-0.2, -0.15) is 0 Å². The van der Waals surface area contributed by atoms with Crippen LogP contribution in [-0.2, 0) is 13.1 Å². The summed E-state index contributed by atoms with van der Waals surface area (Å²) in [5, 5.41) is 4.18. The normalized spacial score (nSPS) is 10.6. The lowest BCUT2D eigenvalue weighted by atomic mass is 10.2. The van der Waals surface area contributed by atoms with Crippen LogP contribution < -0.4 is 5.32 Å². The summed E-state index contributed by atoms with van der Waals surface area (Å²) in [6, 6.07) is 14.1. The van der Waals surface area contributed by atoms with Crippen molar-refractivity contribution in [1.29, 1.82) is 0 Å². The van der Waals surface area contributed by atoms with E-state index in [1.807, 2.05) is 30.3 Å². The van der Waals surface area contributed by atoms with E-state index in [-0.39, 0.29) is 0 Å². The smallest absolute Gasteiger partial charge is 0.0451 e. The zero-order valence-electron chi connectivity index (χ0n) is 9.59. The SMILES string of the molecule is Clc1ccc(Br)cc1CNCc1cccc(Br)c1. The van der Waals surface area contributed by atoms with Gasteiger partial charge in [0.1, 0.15) is 0 Å². The molecule has 0 aliphatic heterocycles. The molecule has 0 amide bonds. The molecule has 0 aromatic heterocycles. The average Bonchev–Trinajstić information content (AvgIpc) is 2.34. The van der Waals surface area contributed by atoms with Crippen LogP contribution in [0, 0.1) is 0 Å². The summed E-state index contributed by atoms with van der Waals surface area (Å²) in [5.74, 6) is 0. The Hall–Kier alpha value is -0.350. The van der Waals surface area contributed by atoms with Crippen molar-refractivity contribution in [1.82, 2.24) is 5.32 Å². The van der Waals surface area contributed by atoms with E-state index < -0.39 is 0 Å². The number of benzene rings is 2. The molecule has 0 radical (unpaired) electrons. The molecule has 0 saturated carbocycles. The molecule has 0 fully saturated rings. The van der Waals surface area contributed by atoms with Crippen LogP contribution in [0.1, 0.15) is 11.1 Å². The number of hydrogen-bond donors (Lipinski definition) is 1.